The van der Waals surface area contributed by atoms with E-state index in [4.69, 9.17) is 16.2 Å². The molecule has 0 aliphatic carbocycles. The quantitative estimate of drug-likeness (QED) is 0.506. The van der Waals surface area contributed by atoms with E-state index in [9.17, 15) is 22.8 Å². The van der Waals surface area contributed by atoms with Crippen LogP contribution in [0.1, 0.15) is 23.1 Å². The van der Waals surface area contributed by atoms with Crippen molar-refractivity contribution in [1.29, 1.82) is 0 Å². The third-order valence-corrected chi connectivity index (χ3v) is 4.12. The maximum Gasteiger partial charge on any atom is 0.433 e. The van der Waals surface area contributed by atoms with Gasteiger partial charge in [-0.25, -0.2) is 15.0 Å². The fourth-order valence-electron chi connectivity index (χ4n) is 2.49. The first-order valence-corrected chi connectivity index (χ1v) is 9.10. The average molecular weight is 446 g/mol. The number of ether oxygens (including phenoxy) is 1. The van der Waals surface area contributed by atoms with Gasteiger partial charge in [0, 0.05) is 17.7 Å². The number of hydrogen-bond donors (Lipinski definition) is 3. The minimum atomic E-state index is -4.59. The lowest BCUT2D eigenvalue weighted by Gasteiger charge is -2.13. The second kappa shape index (κ2) is 8.88. The molecule has 166 valence electrons. The van der Waals surface area contributed by atoms with E-state index in [0.29, 0.717) is 5.56 Å². The Morgan fingerprint density at radius 1 is 1.03 bits per heavy atom. The zero-order chi connectivity index (χ0) is 23.5. The molecule has 0 aliphatic rings. The monoisotopic (exact) mass is 446 g/mol. The van der Waals surface area contributed by atoms with Crippen LogP contribution in [0, 0.1) is 0 Å². The third-order valence-electron chi connectivity index (χ3n) is 4.12. The predicted molar refractivity (Wildman–Crippen MR) is 108 cm³/mol. The summed E-state index contributed by atoms with van der Waals surface area (Å²) >= 11 is 0. The number of aromatic nitrogens is 3. The van der Waals surface area contributed by atoms with Gasteiger partial charge in [0.1, 0.15) is 29.0 Å². The van der Waals surface area contributed by atoms with Crippen LogP contribution >= 0.6 is 0 Å². The van der Waals surface area contributed by atoms with Crippen LogP contribution in [-0.2, 0) is 11.0 Å². The van der Waals surface area contributed by atoms with Crippen LogP contribution < -0.4 is 21.5 Å². The predicted octanol–water partition coefficient (Wildman–Crippen LogP) is 2.73. The molecule has 0 fully saturated rings. The normalized spacial score (nSPS) is 12.1. The molecule has 0 saturated carbocycles. The van der Waals surface area contributed by atoms with E-state index >= 15 is 0 Å². The van der Waals surface area contributed by atoms with Gasteiger partial charge >= 0.3 is 6.18 Å². The second-order valence-electron chi connectivity index (χ2n) is 6.58. The molecule has 0 spiro atoms. The number of amides is 2. The molecule has 0 bridgehead atoms. The molecule has 12 heteroatoms. The smallest absolute Gasteiger partial charge is 0.433 e. The molecule has 1 unspecified atom stereocenters. The summed E-state index contributed by atoms with van der Waals surface area (Å²) in [7, 11) is 0. The molecule has 3 aromatic rings. The van der Waals surface area contributed by atoms with Gasteiger partial charge in [-0.3, -0.25) is 9.59 Å². The largest absolute Gasteiger partial charge is 0.439 e. The van der Waals surface area contributed by atoms with Crippen LogP contribution in [0.5, 0.6) is 11.6 Å². The lowest BCUT2D eigenvalue weighted by atomic mass is 10.2. The summed E-state index contributed by atoms with van der Waals surface area (Å²) in [6.07, 6.45) is -4.59. The first kappa shape index (κ1) is 22.5. The summed E-state index contributed by atoms with van der Waals surface area (Å²) in [5.41, 5.74) is 9.82. The molecular formula is C20H17F3N6O3. The van der Waals surface area contributed by atoms with Crippen LogP contribution in [-0.4, -0.2) is 32.8 Å². The summed E-state index contributed by atoms with van der Waals surface area (Å²) < 4.78 is 43.8. The number of benzene rings is 1. The van der Waals surface area contributed by atoms with Crippen LogP contribution in [0.2, 0.25) is 0 Å². The molecule has 2 aromatic heterocycles. The Labute approximate surface area is 179 Å². The van der Waals surface area contributed by atoms with E-state index in [1.54, 1.807) is 0 Å². The highest BCUT2D eigenvalue weighted by molar-refractivity contribution is 5.92. The van der Waals surface area contributed by atoms with Crippen molar-refractivity contribution in [3.05, 3.63) is 59.9 Å². The van der Waals surface area contributed by atoms with E-state index in [0.717, 1.165) is 6.07 Å². The van der Waals surface area contributed by atoms with Gasteiger partial charge in [0.05, 0.1) is 0 Å². The summed E-state index contributed by atoms with van der Waals surface area (Å²) in [5, 5.41) is 2.75. The van der Waals surface area contributed by atoms with Crippen molar-refractivity contribution in [2.75, 3.05) is 5.32 Å². The van der Waals surface area contributed by atoms with E-state index < -0.39 is 29.7 Å². The maximum absolute atomic E-state index is 12.8. The lowest BCUT2D eigenvalue weighted by molar-refractivity contribution is -0.141. The van der Waals surface area contributed by atoms with E-state index in [1.807, 2.05) is 0 Å². The first-order chi connectivity index (χ1) is 15.0. The SMILES string of the molecule is CC(Nc1cc(C(N)=O)nc(-c2ccc(Oc3cccc(C(F)(F)F)n3)cc2)n1)C(N)=O. The Balaban J connectivity index is 1.86. The van der Waals surface area contributed by atoms with Gasteiger partial charge < -0.3 is 21.5 Å². The van der Waals surface area contributed by atoms with Crippen molar-refractivity contribution in [3.8, 4) is 23.0 Å². The Morgan fingerprint density at radius 2 is 1.72 bits per heavy atom. The number of carbonyl (C=O) groups is 2. The van der Waals surface area contributed by atoms with Crippen LogP contribution in [0.15, 0.2) is 48.5 Å². The van der Waals surface area contributed by atoms with Gasteiger partial charge in [-0.1, -0.05) is 6.07 Å². The van der Waals surface area contributed by atoms with Crippen molar-refractivity contribution in [1.82, 2.24) is 15.0 Å². The summed E-state index contributed by atoms with van der Waals surface area (Å²) in [6, 6.07) is 9.83. The minimum absolute atomic E-state index is 0.0948. The average Bonchev–Trinajstić information content (AvgIpc) is 2.73. The zero-order valence-electron chi connectivity index (χ0n) is 16.6. The molecule has 3 rings (SSSR count). The number of carbonyl (C=O) groups excluding carboxylic acids is 2. The number of halogens is 3. The molecule has 1 aromatic carbocycles. The zero-order valence-corrected chi connectivity index (χ0v) is 16.6. The maximum atomic E-state index is 12.8. The molecule has 2 heterocycles. The lowest BCUT2D eigenvalue weighted by Crippen LogP contribution is -2.33. The van der Waals surface area contributed by atoms with Crippen molar-refractivity contribution >= 4 is 17.6 Å². The minimum Gasteiger partial charge on any atom is -0.439 e. The number of anilines is 1. The standard InChI is InChI=1S/C20H17F3N6O3/c1-10(17(24)30)26-15-9-13(18(25)31)27-19(29-15)11-5-7-12(8-6-11)32-16-4-2-3-14(28-16)20(21,22)23/h2-10H,1H3,(H2,24,30)(H2,25,31)(H,26,27,29). The van der Waals surface area contributed by atoms with Gasteiger partial charge in [-0.05, 0) is 37.3 Å². The Bertz CT molecular complexity index is 1150. The molecule has 0 saturated heterocycles. The highest BCUT2D eigenvalue weighted by Gasteiger charge is 2.32. The highest BCUT2D eigenvalue weighted by Crippen LogP contribution is 2.30. The molecule has 5 N–H and O–H groups in total. The third kappa shape index (κ3) is 5.47. The van der Waals surface area contributed by atoms with Gasteiger partial charge in [-0.2, -0.15) is 13.2 Å². The fourth-order valence-corrected chi connectivity index (χ4v) is 2.49. The van der Waals surface area contributed by atoms with Crippen molar-refractivity contribution in [2.45, 2.75) is 19.1 Å². The van der Waals surface area contributed by atoms with Crippen molar-refractivity contribution in [3.63, 3.8) is 0 Å². The highest BCUT2D eigenvalue weighted by atomic mass is 19.4. The molecule has 0 radical (unpaired) electrons. The molecular weight excluding hydrogens is 429 g/mol. The Hall–Kier alpha value is -4.22. The topological polar surface area (TPSA) is 146 Å². The number of rotatable bonds is 7. The number of nitrogens with two attached hydrogens (primary N) is 2. The van der Waals surface area contributed by atoms with Gasteiger partial charge in [0.15, 0.2) is 5.82 Å². The summed E-state index contributed by atoms with van der Waals surface area (Å²) in [5.74, 6) is -1.18. The van der Waals surface area contributed by atoms with Crippen molar-refractivity contribution < 1.29 is 27.5 Å². The first-order valence-electron chi connectivity index (χ1n) is 9.10. The number of nitrogens with one attached hydrogen (secondary N) is 1. The summed E-state index contributed by atoms with van der Waals surface area (Å²) in [4.78, 5) is 34.7. The van der Waals surface area contributed by atoms with E-state index in [-0.39, 0.29) is 29.0 Å². The molecule has 32 heavy (non-hydrogen) atoms. The van der Waals surface area contributed by atoms with Gasteiger partial charge in [-0.15, -0.1) is 0 Å². The summed E-state index contributed by atoms with van der Waals surface area (Å²) in [6.45, 7) is 1.52. The number of nitrogens with zero attached hydrogens (tertiary/aromatic N) is 3. The van der Waals surface area contributed by atoms with Gasteiger partial charge in [0.25, 0.3) is 5.91 Å². The van der Waals surface area contributed by atoms with Gasteiger partial charge in [0.2, 0.25) is 11.8 Å². The number of alkyl halides is 3. The number of primary amides is 2. The molecule has 2 amide bonds. The van der Waals surface area contributed by atoms with E-state index in [2.05, 4.69) is 20.3 Å². The van der Waals surface area contributed by atoms with E-state index in [1.165, 1.54) is 49.4 Å². The van der Waals surface area contributed by atoms with Crippen LogP contribution in [0.4, 0.5) is 19.0 Å². The second-order valence-corrected chi connectivity index (χ2v) is 6.58. The van der Waals surface area contributed by atoms with Crippen LogP contribution in [0.3, 0.4) is 0 Å². The molecule has 1 atom stereocenters. The number of hydrogen-bond acceptors (Lipinski definition) is 7. The van der Waals surface area contributed by atoms with Crippen molar-refractivity contribution in [2.24, 2.45) is 11.5 Å². The fraction of sp³-hybridized carbons (Fsp3) is 0.150. The number of pyridine rings is 1. The molecule has 0 aliphatic heterocycles. The molecule has 9 nitrogen and oxygen atoms in total. The Kier molecular flexibility index (Phi) is 6.23. The Morgan fingerprint density at radius 3 is 2.31 bits per heavy atom. The van der Waals surface area contributed by atoms with Crippen LogP contribution in [0.25, 0.3) is 11.4 Å².